The number of amides is 2. The van der Waals surface area contributed by atoms with Gasteiger partial charge >= 0.3 is 5.97 Å². The molecule has 2 aromatic rings. The van der Waals surface area contributed by atoms with Gasteiger partial charge in [0, 0.05) is 28.8 Å². The summed E-state index contributed by atoms with van der Waals surface area (Å²) in [5.41, 5.74) is 3.35. The highest BCUT2D eigenvalue weighted by molar-refractivity contribution is 9.10. The predicted octanol–water partition coefficient (Wildman–Crippen LogP) is 4.64. The molecule has 0 radical (unpaired) electrons. The minimum atomic E-state index is -0.609. The Morgan fingerprint density at radius 2 is 1.91 bits per heavy atom. The first-order valence-electron chi connectivity index (χ1n) is 11.1. The molecule has 176 valence electrons. The topological polar surface area (TPSA) is 84.9 Å². The highest BCUT2D eigenvalue weighted by atomic mass is 79.9. The van der Waals surface area contributed by atoms with Gasteiger partial charge in [-0.05, 0) is 67.3 Å². The van der Waals surface area contributed by atoms with Crippen LogP contribution in [0.2, 0.25) is 0 Å². The average molecular weight is 517 g/mol. The lowest BCUT2D eigenvalue weighted by Crippen LogP contribution is -2.28. The van der Waals surface area contributed by atoms with Crippen LogP contribution in [0.5, 0.6) is 5.75 Å². The molecular weight excluding hydrogens is 488 g/mol. The van der Waals surface area contributed by atoms with Crippen LogP contribution in [0.3, 0.4) is 0 Å². The largest absolute Gasteiger partial charge is 0.494 e. The number of carbonyl (C=O) groups is 3. The second-order valence-corrected chi connectivity index (χ2v) is 8.93. The van der Waals surface area contributed by atoms with E-state index in [1.807, 2.05) is 45.0 Å². The van der Waals surface area contributed by atoms with Crippen LogP contribution < -0.4 is 15.0 Å². The van der Waals surface area contributed by atoms with Gasteiger partial charge in [-0.15, -0.1) is 0 Å². The van der Waals surface area contributed by atoms with E-state index in [4.69, 9.17) is 9.47 Å². The Labute approximate surface area is 202 Å². The molecule has 0 spiro atoms. The molecule has 1 aliphatic heterocycles. The van der Waals surface area contributed by atoms with Crippen LogP contribution in [0.25, 0.3) is 0 Å². The number of hydrogen-bond donors (Lipinski definition) is 1. The number of anilines is 2. The summed E-state index contributed by atoms with van der Waals surface area (Å²) in [7, 11) is 0. The van der Waals surface area contributed by atoms with Crippen LogP contribution >= 0.6 is 15.9 Å². The molecule has 1 N–H and O–H groups in total. The molecule has 1 saturated heterocycles. The fourth-order valence-electron chi connectivity index (χ4n) is 3.76. The fourth-order valence-corrected chi connectivity index (χ4v) is 4.38. The molecule has 1 aliphatic rings. The van der Waals surface area contributed by atoms with Crippen molar-refractivity contribution in [3.05, 3.63) is 52.0 Å². The first-order chi connectivity index (χ1) is 15.8. The van der Waals surface area contributed by atoms with Crippen LogP contribution in [0.4, 0.5) is 11.4 Å². The molecule has 33 heavy (non-hydrogen) atoms. The fraction of sp³-hybridized carbons (Fsp3) is 0.400. The lowest BCUT2D eigenvalue weighted by Gasteiger charge is -2.17. The zero-order valence-electron chi connectivity index (χ0n) is 19.2. The average Bonchev–Trinajstić information content (AvgIpc) is 3.19. The Kier molecular flexibility index (Phi) is 8.49. The van der Waals surface area contributed by atoms with E-state index in [1.54, 1.807) is 17.0 Å². The maximum atomic E-state index is 12.5. The number of aryl methyl sites for hydroxylation is 2. The number of rotatable bonds is 9. The minimum Gasteiger partial charge on any atom is -0.494 e. The number of halogens is 1. The zero-order chi connectivity index (χ0) is 24.0. The van der Waals surface area contributed by atoms with Gasteiger partial charge in [0.2, 0.25) is 5.91 Å². The quantitative estimate of drug-likeness (QED) is 0.490. The maximum Gasteiger partial charge on any atom is 0.311 e. The van der Waals surface area contributed by atoms with Crippen LogP contribution in [-0.2, 0) is 25.5 Å². The highest BCUT2D eigenvalue weighted by Crippen LogP contribution is 2.28. The van der Waals surface area contributed by atoms with Gasteiger partial charge in [-0.2, -0.15) is 0 Å². The molecular formula is C25H29BrN2O5. The summed E-state index contributed by atoms with van der Waals surface area (Å²) < 4.78 is 11.7. The van der Waals surface area contributed by atoms with Gasteiger partial charge in [0.15, 0.2) is 6.61 Å². The van der Waals surface area contributed by atoms with E-state index in [-0.39, 0.29) is 18.9 Å². The Balaban J connectivity index is 1.54. The maximum absolute atomic E-state index is 12.5. The Bertz CT molecular complexity index is 1020. The Hall–Kier alpha value is -2.87. The van der Waals surface area contributed by atoms with Crippen molar-refractivity contribution < 1.29 is 23.9 Å². The molecule has 3 rings (SSSR count). The molecule has 7 nitrogen and oxygen atoms in total. The van der Waals surface area contributed by atoms with E-state index in [1.165, 1.54) is 0 Å². The van der Waals surface area contributed by atoms with Crippen LogP contribution in [-0.4, -0.2) is 37.5 Å². The van der Waals surface area contributed by atoms with Crippen molar-refractivity contribution in [3.63, 3.8) is 0 Å². The molecule has 0 aromatic heterocycles. The Morgan fingerprint density at radius 1 is 1.18 bits per heavy atom. The molecule has 8 heteroatoms. The standard InChI is InChI=1S/C25H29BrN2O5/c1-4-10-32-21-8-6-20(7-9-21)28-14-18(13-23(28)30)25(31)33-15-22(29)27-24-16(3)11-19(26)12-17(24)5-2/h6-9,11-12,18H,4-5,10,13-15H2,1-3H3,(H,27,29)/t18-/m1/s1. The lowest BCUT2D eigenvalue weighted by molar-refractivity contribution is -0.151. The number of benzene rings is 2. The van der Waals surface area contributed by atoms with Crippen LogP contribution in [0.1, 0.15) is 37.8 Å². The number of carbonyl (C=O) groups excluding carboxylic acids is 3. The summed E-state index contributed by atoms with van der Waals surface area (Å²) in [6.45, 7) is 6.40. The third-order valence-corrected chi connectivity index (χ3v) is 5.91. The van der Waals surface area contributed by atoms with Gasteiger partial charge in [0.05, 0.1) is 12.5 Å². The summed E-state index contributed by atoms with van der Waals surface area (Å²) >= 11 is 3.46. The lowest BCUT2D eigenvalue weighted by atomic mass is 10.1. The van der Waals surface area contributed by atoms with Gasteiger partial charge in [-0.3, -0.25) is 14.4 Å². The van der Waals surface area contributed by atoms with Crippen LogP contribution in [0, 0.1) is 12.8 Å². The molecule has 2 aromatic carbocycles. The van der Waals surface area contributed by atoms with Crippen molar-refractivity contribution in [2.75, 3.05) is 30.0 Å². The molecule has 1 fully saturated rings. The van der Waals surface area contributed by atoms with Gasteiger partial charge in [-0.25, -0.2) is 0 Å². The summed E-state index contributed by atoms with van der Waals surface area (Å²) in [5, 5.41) is 2.84. The SMILES string of the molecule is CCCOc1ccc(N2C[C@H](C(=O)OCC(=O)Nc3c(C)cc(Br)cc3CC)CC2=O)cc1. The van der Waals surface area contributed by atoms with E-state index in [9.17, 15) is 14.4 Å². The summed E-state index contributed by atoms with van der Waals surface area (Å²) in [5.74, 6) is -0.982. The van der Waals surface area contributed by atoms with E-state index in [0.717, 1.165) is 39.9 Å². The molecule has 1 heterocycles. The number of nitrogens with zero attached hydrogens (tertiary/aromatic N) is 1. The molecule has 0 aliphatic carbocycles. The highest BCUT2D eigenvalue weighted by Gasteiger charge is 2.36. The predicted molar refractivity (Wildman–Crippen MR) is 131 cm³/mol. The number of nitrogens with one attached hydrogen (secondary N) is 1. The van der Waals surface area contributed by atoms with Crippen molar-refractivity contribution in [1.29, 1.82) is 0 Å². The van der Waals surface area contributed by atoms with Crippen LogP contribution in [0.15, 0.2) is 40.9 Å². The third-order valence-electron chi connectivity index (χ3n) is 5.45. The summed E-state index contributed by atoms with van der Waals surface area (Å²) in [6, 6.07) is 11.1. The summed E-state index contributed by atoms with van der Waals surface area (Å²) in [6.07, 6.45) is 1.72. The smallest absolute Gasteiger partial charge is 0.311 e. The van der Waals surface area contributed by atoms with Crippen molar-refractivity contribution in [3.8, 4) is 5.75 Å². The second kappa shape index (κ2) is 11.3. The van der Waals surface area contributed by atoms with E-state index < -0.39 is 24.4 Å². The van der Waals surface area contributed by atoms with Gasteiger partial charge < -0.3 is 19.7 Å². The summed E-state index contributed by atoms with van der Waals surface area (Å²) in [4.78, 5) is 39.0. The normalized spacial score (nSPS) is 15.5. The van der Waals surface area contributed by atoms with Gasteiger partial charge in [-0.1, -0.05) is 29.8 Å². The first-order valence-corrected chi connectivity index (χ1v) is 11.9. The molecule has 0 saturated carbocycles. The van der Waals surface area contributed by atoms with Crippen molar-refractivity contribution in [2.24, 2.45) is 5.92 Å². The van der Waals surface area contributed by atoms with E-state index >= 15 is 0 Å². The number of ether oxygens (including phenoxy) is 2. The first kappa shape index (κ1) is 24.8. The number of esters is 1. The van der Waals surface area contributed by atoms with Gasteiger partial charge in [0.25, 0.3) is 5.91 Å². The second-order valence-electron chi connectivity index (χ2n) is 8.01. The van der Waals surface area contributed by atoms with E-state index in [0.29, 0.717) is 12.3 Å². The molecule has 2 amide bonds. The number of hydrogen-bond acceptors (Lipinski definition) is 5. The van der Waals surface area contributed by atoms with E-state index in [2.05, 4.69) is 21.2 Å². The monoisotopic (exact) mass is 516 g/mol. The molecule has 0 unspecified atom stereocenters. The van der Waals surface area contributed by atoms with Gasteiger partial charge in [0.1, 0.15) is 5.75 Å². The van der Waals surface area contributed by atoms with Crippen molar-refractivity contribution in [2.45, 2.75) is 40.0 Å². The van der Waals surface area contributed by atoms with Crippen molar-refractivity contribution >= 4 is 45.1 Å². The van der Waals surface area contributed by atoms with Crippen molar-refractivity contribution in [1.82, 2.24) is 0 Å². The molecule has 1 atom stereocenters. The third kappa shape index (κ3) is 6.35. The Morgan fingerprint density at radius 3 is 2.58 bits per heavy atom. The molecule has 0 bridgehead atoms. The zero-order valence-corrected chi connectivity index (χ0v) is 20.7. The minimum absolute atomic E-state index is 0.0559.